The van der Waals surface area contributed by atoms with Crippen LogP contribution in [0.15, 0.2) is 24.3 Å². The van der Waals surface area contributed by atoms with Gasteiger partial charge in [0.05, 0.1) is 13.2 Å². The van der Waals surface area contributed by atoms with Crippen LogP contribution < -0.4 is 4.74 Å². The van der Waals surface area contributed by atoms with Gasteiger partial charge in [-0.15, -0.1) is 0 Å². The van der Waals surface area contributed by atoms with Crippen molar-refractivity contribution in [3.8, 4) is 5.75 Å². The number of aliphatic hydroxyl groups is 6. The van der Waals surface area contributed by atoms with E-state index < -0.39 is 74.5 Å². The molecule has 2 fully saturated rings. The van der Waals surface area contributed by atoms with Gasteiger partial charge in [0.25, 0.3) is 0 Å². The van der Waals surface area contributed by atoms with Crippen LogP contribution in [0.25, 0.3) is 0 Å². The van der Waals surface area contributed by atoms with Crippen LogP contribution in [-0.2, 0) is 30.2 Å². The predicted octanol–water partition coefficient (Wildman–Crippen LogP) is -1.54. The second kappa shape index (κ2) is 12.6. The van der Waals surface area contributed by atoms with Gasteiger partial charge >= 0.3 is 5.97 Å². The first-order valence-corrected chi connectivity index (χ1v) is 11.9. The maximum atomic E-state index is 11.9. The Morgan fingerprint density at radius 2 is 1.81 bits per heavy atom. The summed E-state index contributed by atoms with van der Waals surface area (Å²) in [4.78, 5) is 11.9. The van der Waals surface area contributed by atoms with Crippen molar-refractivity contribution in [1.29, 1.82) is 0 Å². The summed E-state index contributed by atoms with van der Waals surface area (Å²) in [5.74, 6) is -0.169. The quantitative estimate of drug-likeness (QED) is 0.187. The van der Waals surface area contributed by atoms with Crippen molar-refractivity contribution < 1.29 is 59.1 Å². The maximum absolute atomic E-state index is 11.9. The lowest BCUT2D eigenvalue weighted by Gasteiger charge is -2.42. The topological polar surface area (TPSA) is 185 Å². The van der Waals surface area contributed by atoms with Crippen molar-refractivity contribution in [1.82, 2.24) is 0 Å². The van der Waals surface area contributed by atoms with E-state index in [0.29, 0.717) is 12.2 Å². The highest BCUT2D eigenvalue weighted by Gasteiger charge is 2.54. The van der Waals surface area contributed by atoms with Gasteiger partial charge in [-0.25, -0.2) is 0 Å². The lowest BCUT2D eigenvalue weighted by Crippen LogP contribution is -2.62. The number of carbonyl (C=O) groups excluding carboxylic acids is 1. The molecule has 6 N–H and O–H groups in total. The van der Waals surface area contributed by atoms with Gasteiger partial charge in [-0.2, -0.15) is 0 Å². The number of rotatable bonds is 11. The Morgan fingerprint density at radius 3 is 2.42 bits per heavy atom. The number of carbonyl (C=O) groups is 1. The first-order valence-electron chi connectivity index (χ1n) is 11.9. The fourth-order valence-electron chi connectivity index (χ4n) is 3.94. The molecule has 2 saturated heterocycles. The van der Waals surface area contributed by atoms with Crippen LogP contribution in [0.1, 0.15) is 25.8 Å². The van der Waals surface area contributed by atoms with Crippen LogP contribution in [0.5, 0.6) is 5.75 Å². The Kier molecular flexibility index (Phi) is 10.0. The molecule has 0 radical (unpaired) electrons. The second-order valence-corrected chi connectivity index (χ2v) is 9.53. The highest BCUT2D eigenvalue weighted by molar-refractivity contribution is 5.69. The molecule has 12 heteroatoms. The van der Waals surface area contributed by atoms with Crippen LogP contribution in [0.3, 0.4) is 0 Å². The third-order valence-corrected chi connectivity index (χ3v) is 6.06. The molecule has 0 amide bonds. The minimum Gasteiger partial charge on any atom is -0.462 e. The van der Waals surface area contributed by atoms with Gasteiger partial charge in [0.2, 0.25) is 6.29 Å². The first-order chi connectivity index (χ1) is 17.1. The molecule has 12 nitrogen and oxygen atoms in total. The monoisotopic (exact) mass is 516 g/mol. The van der Waals surface area contributed by atoms with E-state index in [1.54, 1.807) is 24.3 Å². The highest BCUT2D eigenvalue weighted by Crippen LogP contribution is 2.32. The summed E-state index contributed by atoms with van der Waals surface area (Å²) >= 11 is 0. The fraction of sp³-hybridized carbons (Fsp3) is 0.708. The van der Waals surface area contributed by atoms with Gasteiger partial charge in [0.1, 0.15) is 36.8 Å². The van der Waals surface area contributed by atoms with Gasteiger partial charge < -0.3 is 54.3 Å². The molecule has 0 aliphatic carbocycles. The minimum absolute atomic E-state index is 0.0168. The summed E-state index contributed by atoms with van der Waals surface area (Å²) in [5, 5.41) is 61.1. The van der Waals surface area contributed by atoms with Crippen molar-refractivity contribution >= 4 is 5.97 Å². The zero-order valence-corrected chi connectivity index (χ0v) is 20.3. The zero-order chi connectivity index (χ0) is 26.5. The van der Waals surface area contributed by atoms with Crippen LogP contribution in [0.4, 0.5) is 0 Å². The van der Waals surface area contributed by atoms with Crippen molar-refractivity contribution in [2.75, 3.05) is 26.4 Å². The van der Waals surface area contributed by atoms with Crippen molar-refractivity contribution in [3.63, 3.8) is 0 Å². The van der Waals surface area contributed by atoms with Crippen LogP contribution in [0.2, 0.25) is 0 Å². The van der Waals surface area contributed by atoms with Gasteiger partial charge in [0.15, 0.2) is 18.0 Å². The van der Waals surface area contributed by atoms with Crippen LogP contribution in [-0.4, -0.2) is 112 Å². The second-order valence-electron chi connectivity index (χ2n) is 9.53. The van der Waals surface area contributed by atoms with Gasteiger partial charge in [0, 0.05) is 13.0 Å². The Balaban J connectivity index is 1.70. The average molecular weight is 517 g/mol. The Bertz CT molecular complexity index is 833. The smallest absolute Gasteiger partial charge is 0.306 e. The SMILES string of the molecule is CC(C)CC(=O)OCC1(O)COC(OC2C(Oc3ccc(CCO)cc3)OC(CO)C(O)C2O)C1O. The predicted molar refractivity (Wildman–Crippen MR) is 122 cm³/mol. The van der Waals surface area contributed by atoms with Crippen molar-refractivity contribution in [2.24, 2.45) is 5.92 Å². The number of hydrogen-bond acceptors (Lipinski definition) is 12. The molecule has 3 rings (SSSR count). The molecular weight excluding hydrogens is 480 g/mol. The molecule has 1 aromatic carbocycles. The number of esters is 1. The molecule has 2 heterocycles. The van der Waals surface area contributed by atoms with E-state index in [9.17, 15) is 30.3 Å². The summed E-state index contributed by atoms with van der Waals surface area (Å²) in [5.41, 5.74) is -1.09. The van der Waals surface area contributed by atoms with E-state index in [1.807, 2.05) is 13.8 Å². The van der Waals surface area contributed by atoms with Gasteiger partial charge in [-0.1, -0.05) is 26.0 Å². The highest BCUT2D eigenvalue weighted by atomic mass is 16.8. The molecule has 0 aromatic heterocycles. The lowest BCUT2D eigenvalue weighted by atomic mass is 9.98. The third-order valence-electron chi connectivity index (χ3n) is 6.06. The standard InChI is InChI=1S/C24H36O12/c1-13(2)9-17(27)32-11-24(31)12-33-23(21(24)30)36-20-19(29)18(28)16(10-26)35-22(20)34-15-5-3-14(4-6-15)7-8-25/h3-6,13,16,18-23,25-26,28-31H,7-12H2,1-2H3. The van der Waals surface area contributed by atoms with Gasteiger partial charge in [-0.3, -0.25) is 4.79 Å². The van der Waals surface area contributed by atoms with E-state index >= 15 is 0 Å². The average Bonchev–Trinajstić information content (AvgIpc) is 3.12. The van der Waals surface area contributed by atoms with E-state index in [4.69, 9.17) is 28.8 Å². The number of ether oxygens (including phenoxy) is 5. The number of hydrogen-bond donors (Lipinski definition) is 6. The van der Waals surface area contributed by atoms with E-state index in [-0.39, 0.29) is 18.9 Å². The van der Waals surface area contributed by atoms with Crippen LogP contribution >= 0.6 is 0 Å². The lowest BCUT2D eigenvalue weighted by molar-refractivity contribution is -0.318. The zero-order valence-electron chi connectivity index (χ0n) is 20.3. The number of benzene rings is 1. The summed E-state index contributed by atoms with van der Waals surface area (Å²) < 4.78 is 27.6. The molecule has 0 bridgehead atoms. The Morgan fingerprint density at radius 1 is 1.11 bits per heavy atom. The van der Waals surface area contributed by atoms with Crippen molar-refractivity contribution in [2.45, 2.75) is 75.4 Å². The maximum Gasteiger partial charge on any atom is 0.306 e. The molecule has 2 aliphatic rings. The normalized spacial score (nSPS) is 34.6. The first kappa shape index (κ1) is 28.7. The summed E-state index contributed by atoms with van der Waals surface area (Å²) in [6, 6.07) is 6.68. The summed E-state index contributed by atoms with van der Waals surface area (Å²) in [7, 11) is 0. The largest absolute Gasteiger partial charge is 0.462 e. The van der Waals surface area contributed by atoms with Crippen LogP contribution in [0, 0.1) is 5.92 Å². The van der Waals surface area contributed by atoms with Crippen molar-refractivity contribution in [3.05, 3.63) is 29.8 Å². The fourth-order valence-corrected chi connectivity index (χ4v) is 3.94. The molecular formula is C24H36O12. The number of aliphatic hydroxyl groups excluding tert-OH is 5. The van der Waals surface area contributed by atoms with E-state index in [1.165, 1.54) is 0 Å². The summed E-state index contributed by atoms with van der Waals surface area (Å²) in [6.45, 7) is 2.10. The molecule has 2 aliphatic heterocycles. The molecule has 204 valence electrons. The minimum atomic E-state index is -1.96. The van der Waals surface area contributed by atoms with Gasteiger partial charge in [-0.05, 0) is 30.0 Å². The molecule has 1 aromatic rings. The molecule has 8 atom stereocenters. The Labute approximate surface area is 208 Å². The molecule has 36 heavy (non-hydrogen) atoms. The third kappa shape index (κ3) is 6.91. The summed E-state index contributed by atoms with van der Waals surface area (Å²) in [6.07, 6.45) is -9.60. The Hall–Kier alpha value is -1.87. The van der Waals surface area contributed by atoms with E-state index in [0.717, 1.165) is 5.56 Å². The van der Waals surface area contributed by atoms with E-state index in [2.05, 4.69) is 0 Å². The molecule has 8 unspecified atom stereocenters. The molecule has 0 saturated carbocycles. The molecule has 0 spiro atoms.